The quantitative estimate of drug-likeness (QED) is 0.0933. The van der Waals surface area contributed by atoms with Crippen LogP contribution in [0.4, 0.5) is 0 Å². The first kappa shape index (κ1) is 59.4. The van der Waals surface area contributed by atoms with E-state index in [2.05, 4.69) is 25.1 Å². The fourth-order valence-corrected chi connectivity index (χ4v) is 11.0. The molecule has 2 N–H and O–H groups in total. The summed E-state index contributed by atoms with van der Waals surface area (Å²) < 4.78 is 14.3. The molecule has 7 rings (SSSR count). The summed E-state index contributed by atoms with van der Waals surface area (Å²) in [6.07, 6.45) is 5.81. The zero-order chi connectivity index (χ0) is 56.0. The number of nitrogens with one attached hydrogen (secondary N) is 2. The number of methoxy groups -OCH3 is 1. The molecule has 1 saturated carbocycles. The summed E-state index contributed by atoms with van der Waals surface area (Å²) in [4.78, 5) is 89.1. The number of aromatic nitrogens is 2. The maximum absolute atomic E-state index is 15.7. The van der Waals surface area contributed by atoms with Gasteiger partial charge in [-0.1, -0.05) is 84.6 Å². The van der Waals surface area contributed by atoms with Gasteiger partial charge < -0.3 is 49.2 Å². The van der Waals surface area contributed by atoms with Crippen LogP contribution in [0.25, 0.3) is 11.3 Å². The smallest absolute Gasteiger partial charge is 0.247 e. The molecule has 2 aliphatic rings. The molecule has 1 aromatic heterocycles. The minimum Gasteiger partial charge on any atom is -0.457 e. The van der Waals surface area contributed by atoms with Crippen molar-refractivity contribution < 1.29 is 33.4 Å². The highest BCUT2D eigenvalue weighted by Gasteiger charge is 2.40. The lowest BCUT2D eigenvalue weighted by molar-refractivity contribution is -0.148. The van der Waals surface area contributed by atoms with E-state index in [-0.39, 0.29) is 62.7 Å². The van der Waals surface area contributed by atoms with Gasteiger partial charge in [0.05, 0.1) is 43.5 Å². The normalized spacial score (nSPS) is 21.3. The molecule has 5 aromatic rings. The van der Waals surface area contributed by atoms with Crippen molar-refractivity contribution in [3.05, 3.63) is 136 Å². The summed E-state index contributed by atoms with van der Waals surface area (Å²) in [5, 5.41) is 7.23. The van der Waals surface area contributed by atoms with E-state index in [4.69, 9.17) is 32.7 Å². The monoisotopic (exact) mass is 1110 g/mol. The van der Waals surface area contributed by atoms with Crippen LogP contribution >= 0.6 is 23.2 Å². The first-order valence-corrected chi connectivity index (χ1v) is 27.7. The van der Waals surface area contributed by atoms with Gasteiger partial charge in [-0.3, -0.25) is 24.0 Å². The van der Waals surface area contributed by atoms with Crippen LogP contribution in [0.2, 0.25) is 10.0 Å². The van der Waals surface area contributed by atoms with E-state index in [1.807, 2.05) is 113 Å². The van der Waals surface area contributed by atoms with Gasteiger partial charge in [0.15, 0.2) is 0 Å². The second kappa shape index (κ2) is 28.0. The van der Waals surface area contributed by atoms with Gasteiger partial charge in [-0.25, -0.2) is 4.98 Å². The molecule has 5 amide bonds. The predicted octanol–water partition coefficient (Wildman–Crippen LogP) is 8.03. The summed E-state index contributed by atoms with van der Waals surface area (Å²) >= 11 is 13.0. The Hall–Kier alpha value is -6.30. The Balaban J connectivity index is 1.31. The molecule has 4 aromatic carbocycles. The number of carbonyl (C=O) groups excluding carboxylic acids is 5. The zero-order valence-electron chi connectivity index (χ0n) is 46.4. The Kier molecular flexibility index (Phi) is 21.3. The van der Waals surface area contributed by atoms with Crippen LogP contribution in [-0.4, -0.2) is 156 Å². The number of carbonyl (C=O) groups is 5. The van der Waals surface area contributed by atoms with Gasteiger partial charge in [0.2, 0.25) is 29.5 Å². The first-order valence-electron chi connectivity index (χ1n) is 27.0. The third-order valence-corrected chi connectivity index (χ3v) is 15.5. The van der Waals surface area contributed by atoms with Gasteiger partial charge in [0.25, 0.3) is 0 Å². The number of hydrogen-bond acceptors (Lipinski definition) is 10. The third-order valence-electron chi connectivity index (χ3n) is 15.0. The Morgan fingerprint density at radius 3 is 2.13 bits per heavy atom. The second-order valence-electron chi connectivity index (χ2n) is 21.4. The molecule has 78 heavy (non-hydrogen) atoms. The molecule has 6 atom stereocenters. The van der Waals surface area contributed by atoms with Crippen LogP contribution in [0, 0.1) is 5.92 Å². The number of fused-ring (bicyclic) bond motifs is 1. The van der Waals surface area contributed by atoms with E-state index in [0.29, 0.717) is 65.9 Å². The number of halogens is 2. The fraction of sp³-hybridized carbons (Fsp3) is 0.467. The Morgan fingerprint density at radius 1 is 0.744 bits per heavy atom. The Bertz CT molecular complexity index is 2810. The van der Waals surface area contributed by atoms with E-state index < -0.39 is 41.8 Å². The first-order chi connectivity index (χ1) is 37.4. The molecule has 0 unspecified atom stereocenters. The van der Waals surface area contributed by atoms with Crippen LogP contribution in [0.15, 0.2) is 103 Å². The number of rotatable bonds is 17. The largest absolute Gasteiger partial charge is 0.457 e. The number of benzene rings is 4. The Labute approximate surface area is 470 Å². The molecule has 16 nitrogen and oxygen atoms in total. The molecule has 1 aliphatic carbocycles. The van der Waals surface area contributed by atoms with Gasteiger partial charge >= 0.3 is 0 Å². The minimum absolute atomic E-state index is 0.0522. The maximum atomic E-state index is 15.7. The lowest BCUT2D eigenvalue weighted by atomic mass is 9.87. The van der Waals surface area contributed by atoms with Crippen molar-refractivity contribution in [2.45, 2.75) is 108 Å². The SMILES string of the molecule is COC[C@@H]1NC(=O)[C@H](CCCN(C)C)N(Cc2ccc(Cl)cc2Oc2ccc(-c3cnc(CN(C)C)n3C)cc2)C(=O)C[C@@H](Cc2ccccc2)C(=O)N(C)[C@H]2CCCC[C@@H]2NC(=O)C[C@H](Cc2ccc(Cl)cc2)N(C)C1=O. The molecule has 2 heterocycles. The highest BCUT2D eigenvalue weighted by Crippen LogP contribution is 2.34. The summed E-state index contributed by atoms with van der Waals surface area (Å²) in [7, 11) is 14.7. The zero-order valence-corrected chi connectivity index (χ0v) is 47.9. The fourth-order valence-electron chi connectivity index (χ4n) is 10.7. The average Bonchev–Trinajstić information content (AvgIpc) is 3.77. The van der Waals surface area contributed by atoms with Gasteiger partial charge in [-0.15, -0.1) is 0 Å². The highest BCUT2D eigenvalue weighted by atomic mass is 35.5. The minimum atomic E-state index is -1.21. The van der Waals surface area contributed by atoms with Crippen molar-refractivity contribution in [1.82, 2.24) is 44.7 Å². The summed E-state index contributed by atoms with van der Waals surface area (Å²) in [6, 6.07) is 25.9. The molecule has 418 valence electrons. The molecular formula is C60H77Cl2N9O7. The average molecular weight is 1110 g/mol. The van der Waals surface area contributed by atoms with Crippen LogP contribution in [0.5, 0.6) is 11.5 Å². The maximum Gasteiger partial charge on any atom is 0.247 e. The number of likely N-dealkylation sites (N-methyl/N-ethyl adjacent to an activating group) is 2. The molecule has 1 aliphatic heterocycles. The predicted molar refractivity (Wildman–Crippen MR) is 305 cm³/mol. The van der Waals surface area contributed by atoms with Gasteiger partial charge in [0, 0.05) is 74.4 Å². The van der Waals surface area contributed by atoms with Crippen molar-refractivity contribution >= 4 is 52.7 Å². The number of ether oxygens (including phenoxy) is 2. The van der Waals surface area contributed by atoms with Crippen molar-refractivity contribution in [2.75, 3.05) is 62.5 Å². The summed E-state index contributed by atoms with van der Waals surface area (Å²) in [5.41, 5.74) is 4.16. The molecule has 2 fully saturated rings. The van der Waals surface area contributed by atoms with E-state index in [1.54, 1.807) is 49.3 Å². The van der Waals surface area contributed by atoms with Gasteiger partial charge in [0.1, 0.15) is 29.4 Å². The van der Waals surface area contributed by atoms with Crippen LogP contribution in [0.3, 0.4) is 0 Å². The number of hydrogen-bond donors (Lipinski definition) is 2. The highest BCUT2D eigenvalue weighted by molar-refractivity contribution is 6.31. The van der Waals surface area contributed by atoms with E-state index in [9.17, 15) is 9.59 Å². The van der Waals surface area contributed by atoms with Gasteiger partial charge in [-0.05, 0) is 133 Å². The second-order valence-corrected chi connectivity index (χ2v) is 22.3. The standard InChI is InChI=1S/C60H77Cl2N9O7/c1-66(2)30-14-19-52-58(74)65-50(39-77-8)60(76)68(5)47(32-41-20-25-45(61)26-21-41)35-56(72)64-49-17-12-13-18-51(49)70(7)59(75)44(31-40-15-10-9-11-16-40)33-57(73)71(52)37-43-22-27-46(62)34-54(43)78-48-28-23-42(24-29-48)53-36-63-55(69(53)6)38-67(3)4/h9-11,15-16,20-29,34,36,44,47,49-52H,12-14,17-19,30-33,35,37-39H2,1-8H3,(H,64,72)(H,65,74)/t44-,47+,49+,50+,51+,52+/m1/s1. The van der Waals surface area contributed by atoms with Gasteiger partial charge in [-0.2, -0.15) is 0 Å². The lowest BCUT2D eigenvalue weighted by Crippen LogP contribution is -2.59. The van der Waals surface area contributed by atoms with Crippen LogP contribution in [-0.2, 0) is 61.7 Å². The van der Waals surface area contributed by atoms with Crippen molar-refractivity contribution in [2.24, 2.45) is 13.0 Å². The van der Waals surface area contributed by atoms with E-state index >= 15 is 14.4 Å². The van der Waals surface area contributed by atoms with E-state index in [0.717, 1.165) is 41.1 Å². The molecule has 1 saturated heterocycles. The van der Waals surface area contributed by atoms with Crippen molar-refractivity contribution in [3.63, 3.8) is 0 Å². The number of nitrogens with zero attached hydrogens (tertiary/aromatic N) is 7. The molecule has 18 heteroatoms. The third kappa shape index (κ3) is 15.9. The molecule has 0 spiro atoms. The lowest BCUT2D eigenvalue weighted by Gasteiger charge is -2.40. The van der Waals surface area contributed by atoms with Crippen molar-refractivity contribution in [3.8, 4) is 22.8 Å². The van der Waals surface area contributed by atoms with Crippen LogP contribution < -0.4 is 15.4 Å². The Morgan fingerprint density at radius 2 is 1.44 bits per heavy atom. The summed E-state index contributed by atoms with van der Waals surface area (Å²) in [6.45, 7) is 0.971. The molecule has 0 radical (unpaired) electrons. The van der Waals surface area contributed by atoms with Crippen molar-refractivity contribution in [1.29, 1.82) is 0 Å². The number of amides is 5. The topological polar surface area (TPSA) is 162 Å². The number of imidazole rings is 1. The van der Waals surface area contributed by atoms with E-state index in [1.165, 1.54) is 16.9 Å². The molecular weight excluding hydrogens is 1030 g/mol. The summed E-state index contributed by atoms with van der Waals surface area (Å²) in [5.74, 6) is -1.05. The van der Waals surface area contributed by atoms with Crippen LogP contribution in [0.1, 0.15) is 73.9 Å². The molecule has 0 bridgehead atoms.